The van der Waals surface area contributed by atoms with E-state index in [0.717, 1.165) is 29.3 Å². The number of aliphatic imine (C=N–C) groups is 1. The summed E-state index contributed by atoms with van der Waals surface area (Å²) in [5, 5.41) is 10.3. The van der Waals surface area contributed by atoms with Crippen molar-refractivity contribution >= 4 is 23.6 Å². The van der Waals surface area contributed by atoms with Crippen molar-refractivity contribution in [2.45, 2.75) is 25.3 Å². The molecule has 146 valence electrons. The lowest BCUT2D eigenvalue weighted by Gasteiger charge is -2.15. The summed E-state index contributed by atoms with van der Waals surface area (Å²) in [4.78, 5) is 19.2. The molecule has 0 aliphatic carbocycles. The molecule has 0 aliphatic heterocycles. The number of benzene rings is 1. The Bertz CT molecular complexity index is 739. The Morgan fingerprint density at radius 2 is 1.96 bits per heavy atom. The molecule has 0 atom stereocenters. The fourth-order valence-electron chi connectivity index (χ4n) is 2.23. The van der Waals surface area contributed by atoms with Crippen molar-refractivity contribution in [3.8, 4) is 0 Å². The number of nitrogens with one attached hydrogen (secondary N) is 2. The Hall–Kier alpha value is -2.48. The summed E-state index contributed by atoms with van der Waals surface area (Å²) in [6, 6.07) is 10.2. The van der Waals surface area contributed by atoms with Crippen molar-refractivity contribution in [3.63, 3.8) is 0 Å². The van der Waals surface area contributed by atoms with Crippen LogP contribution in [0.25, 0.3) is 0 Å². The van der Waals surface area contributed by atoms with Gasteiger partial charge in [0.05, 0.1) is 18.8 Å². The monoisotopic (exact) mass is 389 g/mol. The molecule has 1 aromatic heterocycles. The predicted molar refractivity (Wildman–Crippen MR) is 109 cm³/mol. The van der Waals surface area contributed by atoms with Gasteiger partial charge in [-0.3, -0.25) is 4.79 Å². The first-order valence-electron chi connectivity index (χ1n) is 8.79. The molecule has 1 aromatic carbocycles. The van der Waals surface area contributed by atoms with Crippen LogP contribution in [-0.2, 0) is 11.3 Å². The van der Waals surface area contributed by atoms with Crippen LogP contribution < -0.4 is 10.6 Å². The third-order valence-corrected chi connectivity index (χ3v) is 4.90. The molecule has 0 unspecified atom stereocenters. The second kappa shape index (κ2) is 10.6. The zero-order chi connectivity index (χ0) is 19.6. The van der Waals surface area contributed by atoms with Crippen LogP contribution in [0.2, 0.25) is 0 Å². The molecule has 2 N–H and O–H groups in total. The molecule has 0 bridgehead atoms. The van der Waals surface area contributed by atoms with E-state index in [2.05, 4.69) is 32.9 Å². The van der Waals surface area contributed by atoms with Crippen molar-refractivity contribution < 1.29 is 9.32 Å². The molecule has 7 nitrogen and oxygen atoms in total. The van der Waals surface area contributed by atoms with Gasteiger partial charge in [0.2, 0.25) is 5.91 Å². The van der Waals surface area contributed by atoms with E-state index in [-0.39, 0.29) is 12.5 Å². The highest BCUT2D eigenvalue weighted by Gasteiger charge is 2.10. The van der Waals surface area contributed by atoms with Gasteiger partial charge in [0, 0.05) is 36.9 Å². The molecule has 1 amide bonds. The fourth-order valence-corrected chi connectivity index (χ4v) is 3.02. The third-order valence-electron chi connectivity index (χ3n) is 3.89. The fraction of sp³-hybridized carbons (Fsp3) is 0.421. The van der Waals surface area contributed by atoms with Gasteiger partial charge >= 0.3 is 0 Å². The maximum atomic E-state index is 11.9. The molecule has 0 spiro atoms. The lowest BCUT2D eigenvalue weighted by molar-refractivity contribution is -0.127. The Labute approximate surface area is 164 Å². The molecule has 27 heavy (non-hydrogen) atoms. The first kappa shape index (κ1) is 20.8. The van der Waals surface area contributed by atoms with Crippen LogP contribution in [0.15, 0.2) is 44.7 Å². The molecule has 0 saturated heterocycles. The highest BCUT2D eigenvalue weighted by molar-refractivity contribution is 7.99. The minimum absolute atomic E-state index is 0.0134. The third kappa shape index (κ3) is 6.97. The van der Waals surface area contributed by atoms with E-state index < -0.39 is 0 Å². The topological polar surface area (TPSA) is 82.8 Å². The molecule has 8 heteroatoms. The van der Waals surface area contributed by atoms with Crippen LogP contribution in [-0.4, -0.2) is 54.9 Å². The number of hydrogen-bond donors (Lipinski definition) is 2. The highest BCUT2D eigenvalue weighted by Crippen LogP contribution is 2.16. The van der Waals surface area contributed by atoms with Gasteiger partial charge in [0.1, 0.15) is 5.76 Å². The Morgan fingerprint density at radius 1 is 1.22 bits per heavy atom. The zero-order valence-corrected chi connectivity index (χ0v) is 17.1. The zero-order valence-electron chi connectivity index (χ0n) is 16.3. The maximum Gasteiger partial charge on any atom is 0.241 e. The van der Waals surface area contributed by atoms with E-state index in [4.69, 9.17) is 4.52 Å². The van der Waals surface area contributed by atoms with E-state index >= 15 is 0 Å². The molecule has 2 rings (SSSR count). The van der Waals surface area contributed by atoms with Gasteiger partial charge < -0.3 is 20.1 Å². The number of aryl methyl sites for hydroxylation is 2. The minimum Gasteiger partial charge on any atom is -0.361 e. The number of amides is 1. The molecule has 0 fully saturated rings. The second-order valence-corrected chi connectivity index (χ2v) is 7.37. The summed E-state index contributed by atoms with van der Waals surface area (Å²) < 4.78 is 5.18. The van der Waals surface area contributed by atoms with Crippen molar-refractivity contribution in [3.05, 3.63) is 47.3 Å². The van der Waals surface area contributed by atoms with Crippen LogP contribution in [0.5, 0.6) is 0 Å². The van der Waals surface area contributed by atoms with Gasteiger partial charge in [-0.05, 0) is 26.0 Å². The second-order valence-electron chi connectivity index (χ2n) is 6.20. The van der Waals surface area contributed by atoms with Gasteiger partial charge in [-0.1, -0.05) is 23.4 Å². The number of aromatic nitrogens is 1. The molecule has 0 aliphatic rings. The molecule has 2 aromatic rings. The van der Waals surface area contributed by atoms with Crippen molar-refractivity contribution in [2.24, 2.45) is 4.99 Å². The first-order chi connectivity index (χ1) is 13.0. The normalized spacial score (nSPS) is 11.3. The summed E-state index contributed by atoms with van der Waals surface area (Å²) in [5.41, 5.74) is 1.80. The minimum atomic E-state index is -0.0134. The van der Waals surface area contributed by atoms with Crippen molar-refractivity contribution in [1.82, 2.24) is 20.7 Å². The van der Waals surface area contributed by atoms with Crippen LogP contribution in [0.1, 0.15) is 17.0 Å². The number of likely N-dealkylation sites (N-methyl/N-ethyl adjacent to an activating group) is 1. The summed E-state index contributed by atoms with van der Waals surface area (Å²) in [7, 11) is 3.46. The standard InChI is InChI=1S/C19H27N5O2S/c1-14-17(15(2)26-23-14)12-21-19(22-13-18(25)24(3)4)20-10-11-27-16-8-6-5-7-9-16/h5-9H,10-13H2,1-4H3,(H2,20,21,22). The summed E-state index contributed by atoms with van der Waals surface area (Å²) >= 11 is 1.77. The Balaban J connectivity index is 1.91. The number of rotatable bonds is 8. The van der Waals surface area contributed by atoms with E-state index in [1.165, 1.54) is 4.90 Å². The van der Waals surface area contributed by atoms with Crippen molar-refractivity contribution in [1.29, 1.82) is 0 Å². The summed E-state index contributed by atoms with van der Waals surface area (Å²) in [6.07, 6.45) is 0. The van der Waals surface area contributed by atoms with Crippen LogP contribution in [0, 0.1) is 13.8 Å². The van der Waals surface area contributed by atoms with Crippen LogP contribution >= 0.6 is 11.8 Å². The average Bonchev–Trinajstić information content (AvgIpc) is 2.98. The number of hydrogen-bond acceptors (Lipinski definition) is 5. The van der Waals surface area contributed by atoms with Gasteiger partial charge in [0.15, 0.2) is 5.96 Å². The number of carbonyl (C=O) groups is 1. The van der Waals surface area contributed by atoms with Gasteiger partial charge in [-0.2, -0.15) is 0 Å². The van der Waals surface area contributed by atoms with Crippen LogP contribution in [0.4, 0.5) is 0 Å². The smallest absolute Gasteiger partial charge is 0.241 e. The highest BCUT2D eigenvalue weighted by atomic mass is 32.2. The number of nitrogens with zero attached hydrogens (tertiary/aromatic N) is 3. The van der Waals surface area contributed by atoms with Crippen LogP contribution in [0.3, 0.4) is 0 Å². The Kier molecular flexibility index (Phi) is 8.19. The molecular weight excluding hydrogens is 362 g/mol. The lowest BCUT2D eigenvalue weighted by atomic mass is 10.2. The number of thioether (sulfide) groups is 1. The number of guanidine groups is 1. The van der Waals surface area contributed by atoms with E-state index in [1.807, 2.05) is 32.0 Å². The first-order valence-corrected chi connectivity index (χ1v) is 9.78. The Morgan fingerprint density at radius 3 is 2.59 bits per heavy atom. The van der Waals surface area contributed by atoms with E-state index in [0.29, 0.717) is 12.5 Å². The predicted octanol–water partition coefficient (Wildman–Crippen LogP) is 2.21. The number of carbonyl (C=O) groups excluding carboxylic acids is 1. The quantitative estimate of drug-likeness (QED) is 0.312. The maximum absolute atomic E-state index is 11.9. The SMILES string of the molecule is Cc1noc(C)c1CN=C(NCCSc1ccccc1)NCC(=O)N(C)C. The lowest BCUT2D eigenvalue weighted by Crippen LogP contribution is -2.43. The molecule has 0 saturated carbocycles. The molecule has 1 heterocycles. The molecular formula is C19H27N5O2S. The van der Waals surface area contributed by atoms with E-state index in [9.17, 15) is 4.79 Å². The van der Waals surface area contributed by atoms with Gasteiger partial charge in [0.25, 0.3) is 0 Å². The van der Waals surface area contributed by atoms with Crippen molar-refractivity contribution in [2.75, 3.05) is 32.9 Å². The summed E-state index contributed by atoms with van der Waals surface area (Å²) in [5.74, 6) is 2.23. The van der Waals surface area contributed by atoms with E-state index in [1.54, 1.807) is 30.8 Å². The van der Waals surface area contributed by atoms with Gasteiger partial charge in [-0.15, -0.1) is 11.8 Å². The van der Waals surface area contributed by atoms with Gasteiger partial charge in [-0.25, -0.2) is 4.99 Å². The molecule has 0 radical (unpaired) electrons. The largest absolute Gasteiger partial charge is 0.361 e. The summed E-state index contributed by atoms with van der Waals surface area (Å²) in [6.45, 7) is 5.12. The average molecular weight is 390 g/mol.